The van der Waals surface area contributed by atoms with Crippen molar-refractivity contribution < 1.29 is 9.53 Å². The van der Waals surface area contributed by atoms with Crippen LogP contribution >= 0.6 is 0 Å². The zero-order valence-electron chi connectivity index (χ0n) is 10.9. The minimum absolute atomic E-state index is 0.188. The largest absolute Gasteiger partial charge is 0.365 e. The van der Waals surface area contributed by atoms with Crippen molar-refractivity contribution >= 4 is 5.91 Å². The molecule has 4 heteroatoms. The van der Waals surface area contributed by atoms with Gasteiger partial charge in [0.05, 0.1) is 6.10 Å². The first-order valence-electron chi connectivity index (χ1n) is 6.68. The highest BCUT2D eigenvalue weighted by Gasteiger charge is 2.35. The van der Waals surface area contributed by atoms with E-state index in [4.69, 9.17) is 10.5 Å². The summed E-state index contributed by atoms with van der Waals surface area (Å²) in [5.41, 5.74) is 5.99. The van der Waals surface area contributed by atoms with Crippen molar-refractivity contribution in [3.63, 3.8) is 0 Å². The Morgan fingerprint density at radius 2 is 2.06 bits per heavy atom. The maximum atomic E-state index is 12.2. The highest BCUT2D eigenvalue weighted by Crippen LogP contribution is 2.30. The van der Waals surface area contributed by atoms with Crippen molar-refractivity contribution in [3.8, 4) is 0 Å². The summed E-state index contributed by atoms with van der Waals surface area (Å²) in [4.78, 5) is 14.2. The second-order valence-corrected chi connectivity index (χ2v) is 5.85. The lowest BCUT2D eigenvalue weighted by Gasteiger charge is -2.39. The molecule has 2 aliphatic heterocycles. The second-order valence-electron chi connectivity index (χ2n) is 5.85. The molecule has 2 rings (SSSR count). The summed E-state index contributed by atoms with van der Waals surface area (Å²) in [6, 6.07) is 0. The van der Waals surface area contributed by atoms with Crippen LogP contribution in [0.4, 0.5) is 0 Å². The molecule has 2 unspecified atom stereocenters. The highest BCUT2D eigenvalue weighted by atomic mass is 16.5. The molecule has 0 aliphatic carbocycles. The van der Waals surface area contributed by atoms with Gasteiger partial charge >= 0.3 is 0 Å². The van der Waals surface area contributed by atoms with Gasteiger partial charge in [0.1, 0.15) is 6.10 Å². The van der Waals surface area contributed by atoms with E-state index in [1.54, 1.807) is 0 Å². The molecule has 2 atom stereocenters. The molecule has 2 heterocycles. The number of hydrogen-bond acceptors (Lipinski definition) is 3. The van der Waals surface area contributed by atoms with Gasteiger partial charge in [-0.3, -0.25) is 4.79 Å². The number of hydrogen-bond donors (Lipinski definition) is 1. The van der Waals surface area contributed by atoms with E-state index in [0.717, 1.165) is 38.8 Å². The number of likely N-dealkylation sites (tertiary alicyclic amines) is 1. The lowest BCUT2D eigenvalue weighted by atomic mass is 9.80. The SMILES string of the molecule is CC1CCC(C(=O)N2CCC(C)(CN)CC2)O1. The van der Waals surface area contributed by atoms with Gasteiger partial charge < -0.3 is 15.4 Å². The van der Waals surface area contributed by atoms with Crippen LogP contribution in [0.1, 0.15) is 39.5 Å². The maximum absolute atomic E-state index is 12.2. The molecule has 17 heavy (non-hydrogen) atoms. The molecule has 1 amide bonds. The van der Waals surface area contributed by atoms with Gasteiger partial charge in [0.25, 0.3) is 5.91 Å². The number of carbonyl (C=O) groups is 1. The Kier molecular flexibility index (Phi) is 3.73. The fraction of sp³-hybridized carbons (Fsp3) is 0.923. The molecule has 0 spiro atoms. The number of nitrogens with zero attached hydrogens (tertiary/aromatic N) is 1. The van der Waals surface area contributed by atoms with E-state index >= 15 is 0 Å². The van der Waals surface area contributed by atoms with Gasteiger partial charge in [-0.25, -0.2) is 0 Å². The van der Waals surface area contributed by atoms with E-state index in [1.165, 1.54) is 0 Å². The van der Waals surface area contributed by atoms with Crippen molar-refractivity contribution in [2.45, 2.75) is 51.7 Å². The standard InChI is InChI=1S/C13H24N2O2/c1-10-3-4-11(17-10)12(16)15-7-5-13(2,9-14)6-8-15/h10-11H,3-9,14H2,1-2H3. The molecule has 2 aliphatic rings. The minimum Gasteiger partial charge on any atom is -0.365 e. The number of carbonyl (C=O) groups excluding carboxylic acids is 1. The molecule has 0 aromatic carbocycles. The van der Waals surface area contributed by atoms with Crippen molar-refractivity contribution in [2.24, 2.45) is 11.1 Å². The predicted molar refractivity (Wildman–Crippen MR) is 66.5 cm³/mol. The lowest BCUT2D eigenvalue weighted by Crippen LogP contribution is -2.48. The third kappa shape index (κ3) is 2.80. The molecular formula is C13H24N2O2. The summed E-state index contributed by atoms with van der Waals surface area (Å²) in [6.07, 6.45) is 3.96. The van der Waals surface area contributed by atoms with Crippen molar-refractivity contribution in [1.29, 1.82) is 0 Å². The Bertz CT molecular complexity index is 285. The number of piperidine rings is 1. The van der Waals surface area contributed by atoms with Gasteiger partial charge in [-0.1, -0.05) is 6.92 Å². The van der Waals surface area contributed by atoms with Crippen LogP contribution in [0, 0.1) is 5.41 Å². The Balaban J connectivity index is 1.86. The molecule has 98 valence electrons. The van der Waals surface area contributed by atoms with Gasteiger partial charge in [-0.05, 0) is 44.6 Å². The normalized spacial score (nSPS) is 32.8. The molecule has 2 saturated heterocycles. The molecule has 0 bridgehead atoms. The van der Waals surface area contributed by atoms with E-state index in [2.05, 4.69) is 6.92 Å². The molecule has 2 N–H and O–H groups in total. The molecule has 0 saturated carbocycles. The van der Waals surface area contributed by atoms with Gasteiger partial charge in [-0.15, -0.1) is 0 Å². The van der Waals surface area contributed by atoms with E-state index in [0.29, 0.717) is 6.54 Å². The third-order valence-electron chi connectivity index (χ3n) is 4.28. The monoisotopic (exact) mass is 240 g/mol. The quantitative estimate of drug-likeness (QED) is 0.787. The summed E-state index contributed by atoms with van der Waals surface area (Å²) in [7, 11) is 0. The molecular weight excluding hydrogens is 216 g/mol. The Morgan fingerprint density at radius 1 is 1.41 bits per heavy atom. The van der Waals surface area contributed by atoms with Crippen LogP contribution < -0.4 is 5.73 Å². The second kappa shape index (κ2) is 4.94. The first-order chi connectivity index (χ1) is 8.04. The zero-order valence-corrected chi connectivity index (χ0v) is 10.9. The first-order valence-corrected chi connectivity index (χ1v) is 6.68. The topological polar surface area (TPSA) is 55.6 Å². The average Bonchev–Trinajstić information content (AvgIpc) is 2.76. The van der Waals surface area contributed by atoms with Gasteiger partial charge in [0.2, 0.25) is 0 Å². The van der Waals surface area contributed by atoms with Gasteiger partial charge in [-0.2, -0.15) is 0 Å². The van der Waals surface area contributed by atoms with Gasteiger partial charge in [0.15, 0.2) is 0 Å². The summed E-state index contributed by atoms with van der Waals surface area (Å²) < 4.78 is 5.64. The molecule has 0 radical (unpaired) electrons. The number of rotatable bonds is 2. The Morgan fingerprint density at radius 3 is 2.53 bits per heavy atom. The van der Waals surface area contributed by atoms with Crippen LogP contribution in [0.3, 0.4) is 0 Å². The van der Waals surface area contributed by atoms with Crippen LogP contribution in [0.2, 0.25) is 0 Å². The maximum Gasteiger partial charge on any atom is 0.251 e. The summed E-state index contributed by atoms with van der Waals surface area (Å²) in [5.74, 6) is 0.188. The van der Waals surface area contributed by atoms with Crippen LogP contribution in [-0.2, 0) is 9.53 Å². The Labute approximate surface area is 103 Å². The summed E-state index contributed by atoms with van der Waals surface area (Å²) in [5, 5.41) is 0. The van der Waals surface area contributed by atoms with E-state index in [9.17, 15) is 4.79 Å². The number of amides is 1. The predicted octanol–water partition coefficient (Wildman–Crippen LogP) is 1.14. The fourth-order valence-corrected chi connectivity index (χ4v) is 2.66. The lowest BCUT2D eigenvalue weighted by molar-refractivity contribution is -0.144. The van der Waals surface area contributed by atoms with E-state index < -0.39 is 0 Å². The Hall–Kier alpha value is -0.610. The summed E-state index contributed by atoms with van der Waals surface area (Å²) >= 11 is 0. The average molecular weight is 240 g/mol. The van der Waals surface area contributed by atoms with E-state index in [-0.39, 0.29) is 23.5 Å². The van der Waals surface area contributed by atoms with Gasteiger partial charge in [0, 0.05) is 13.1 Å². The third-order valence-corrected chi connectivity index (χ3v) is 4.28. The number of nitrogens with two attached hydrogens (primary N) is 1. The van der Waals surface area contributed by atoms with Crippen molar-refractivity contribution in [3.05, 3.63) is 0 Å². The fourth-order valence-electron chi connectivity index (χ4n) is 2.66. The van der Waals surface area contributed by atoms with Crippen LogP contribution in [0.5, 0.6) is 0 Å². The van der Waals surface area contributed by atoms with E-state index in [1.807, 2.05) is 11.8 Å². The summed E-state index contributed by atoms with van der Waals surface area (Å²) in [6.45, 7) is 6.63. The van der Waals surface area contributed by atoms with Crippen molar-refractivity contribution in [1.82, 2.24) is 4.90 Å². The molecule has 2 fully saturated rings. The smallest absolute Gasteiger partial charge is 0.251 e. The number of ether oxygens (including phenoxy) is 1. The molecule has 0 aromatic rings. The van der Waals surface area contributed by atoms with Crippen LogP contribution in [-0.4, -0.2) is 42.6 Å². The molecule has 0 aromatic heterocycles. The van der Waals surface area contributed by atoms with Crippen molar-refractivity contribution in [2.75, 3.05) is 19.6 Å². The van der Waals surface area contributed by atoms with Crippen LogP contribution in [0.15, 0.2) is 0 Å². The highest BCUT2D eigenvalue weighted by molar-refractivity contribution is 5.81. The minimum atomic E-state index is -0.188. The molecule has 4 nitrogen and oxygen atoms in total. The van der Waals surface area contributed by atoms with Crippen LogP contribution in [0.25, 0.3) is 0 Å². The first kappa shape index (κ1) is 12.8. The zero-order chi connectivity index (χ0) is 12.5.